The average molecular weight is 371 g/mol. The molecular formula is C13H15BrN4O2S. The van der Waals surface area contributed by atoms with Crippen LogP contribution in [0, 0.1) is 0 Å². The second-order valence-corrected chi connectivity index (χ2v) is 7.17. The van der Waals surface area contributed by atoms with E-state index in [9.17, 15) is 4.79 Å². The van der Waals surface area contributed by atoms with Gasteiger partial charge in [-0.1, -0.05) is 5.21 Å². The third-order valence-corrected chi connectivity index (χ3v) is 5.05. The van der Waals surface area contributed by atoms with Crippen LogP contribution in [0.4, 0.5) is 0 Å². The molecule has 6 nitrogen and oxygen atoms in total. The molecule has 0 saturated carbocycles. The minimum Gasteiger partial charge on any atom is -0.464 e. The zero-order valence-corrected chi connectivity index (χ0v) is 13.9. The highest BCUT2D eigenvalue weighted by Gasteiger charge is 2.29. The summed E-state index contributed by atoms with van der Waals surface area (Å²) >= 11 is 5.08. The minimum absolute atomic E-state index is 0.108. The van der Waals surface area contributed by atoms with Crippen molar-refractivity contribution in [2.45, 2.75) is 25.4 Å². The van der Waals surface area contributed by atoms with Gasteiger partial charge in [0.25, 0.3) is 0 Å². The Hall–Kier alpha value is -1.25. The molecule has 8 heteroatoms. The lowest BCUT2D eigenvalue weighted by Gasteiger charge is -2.13. The van der Waals surface area contributed by atoms with Gasteiger partial charge in [-0.3, -0.25) is 0 Å². The van der Waals surface area contributed by atoms with Crippen LogP contribution < -0.4 is 5.32 Å². The molecule has 0 radical (unpaired) electrons. The average Bonchev–Trinajstić information content (AvgIpc) is 3.19. The normalized spacial score (nSPS) is 18.1. The van der Waals surface area contributed by atoms with E-state index in [1.165, 1.54) is 7.11 Å². The minimum atomic E-state index is -0.434. The number of hydrogen-bond acceptors (Lipinski definition) is 6. The standard InChI is InChI=1S/C13H15BrN4O2S/c1-20-13(19)11-12(9-3-2-4-15-9)18(17-16-11)6-8-5-10(14)21-7-8/h5,7,9,15H,2-4,6H2,1H3. The molecule has 3 rings (SSSR count). The zero-order valence-electron chi connectivity index (χ0n) is 11.5. The van der Waals surface area contributed by atoms with Gasteiger partial charge in [0.05, 0.1) is 29.2 Å². The first-order valence-electron chi connectivity index (χ1n) is 6.67. The lowest BCUT2D eigenvalue weighted by atomic mass is 10.1. The maximum Gasteiger partial charge on any atom is 0.360 e. The van der Waals surface area contributed by atoms with Crippen LogP contribution in [-0.2, 0) is 11.3 Å². The third kappa shape index (κ3) is 3.02. The van der Waals surface area contributed by atoms with E-state index in [1.807, 2.05) is 0 Å². The van der Waals surface area contributed by atoms with Gasteiger partial charge >= 0.3 is 5.97 Å². The summed E-state index contributed by atoms with van der Waals surface area (Å²) in [5.41, 5.74) is 2.26. The van der Waals surface area contributed by atoms with Crippen molar-refractivity contribution in [3.8, 4) is 0 Å². The van der Waals surface area contributed by atoms with Crippen molar-refractivity contribution in [3.63, 3.8) is 0 Å². The van der Waals surface area contributed by atoms with Crippen molar-refractivity contribution in [3.05, 3.63) is 32.2 Å². The lowest BCUT2D eigenvalue weighted by Crippen LogP contribution is -2.21. The first kappa shape index (κ1) is 14.7. The number of carbonyl (C=O) groups excluding carboxylic acids is 1. The monoisotopic (exact) mass is 370 g/mol. The second-order valence-electron chi connectivity index (χ2n) is 4.88. The maximum atomic E-state index is 11.9. The number of methoxy groups -OCH3 is 1. The number of thiophene rings is 1. The highest BCUT2D eigenvalue weighted by molar-refractivity contribution is 9.11. The predicted octanol–water partition coefficient (Wildman–Crippen LogP) is 2.36. The molecule has 3 heterocycles. The smallest absolute Gasteiger partial charge is 0.360 e. The van der Waals surface area contributed by atoms with E-state index in [4.69, 9.17) is 4.74 Å². The van der Waals surface area contributed by atoms with Crippen molar-refractivity contribution >= 4 is 33.2 Å². The third-order valence-electron chi connectivity index (χ3n) is 3.50. The molecule has 0 amide bonds. The predicted molar refractivity (Wildman–Crippen MR) is 82.5 cm³/mol. The van der Waals surface area contributed by atoms with Crippen LogP contribution in [0.25, 0.3) is 0 Å². The van der Waals surface area contributed by atoms with E-state index in [0.717, 1.165) is 34.4 Å². The lowest BCUT2D eigenvalue weighted by molar-refractivity contribution is 0.0591. The van der Waals surface area contributed by atoms with Crippen LogP contribution >= 0.6 is 27.3 Å². The number of nitrogens with zero attached hydrogens (tertiary/aromatic N) is 3. The summed E-state index contributed by atoms with van der Waals surface area (Å²) in [7, 11) is 1.36. The Kier molecular flexibility index (Phi) is 4.37. The van der Waals surface area contributed by atoms with Gasteiger partial charge in [-0.05, 0) is 52.3 Å². The van der Waals surface area contributed by atoms with E-state index in [2.05, 4.69) is 43.0 Å². The fourth-order valence-electron chi connectivity index (χ4n) is 2.54. The fourth-order valence-corrected chi connectivity index (χ4v) is 3.74. The molecule has 0 spiro atoms. The van der Waals surface area contributed by atoms with Crippen molar-refractivity contribution < 1.29 is 9.53 Å². The van der Waals surface area contributed by atoms with Crippen LogP contribution in [0.5, 0.6) is 0 Å². The Bertz CT molecular complexity index is 648. The molecular weight excluding hydrogens is 356 g/mol. The molecule has 1 atom stereocenters. The second kappa shape index (κ2) is 6.25. The number of hydrogen-bond donors (Lipinski definition) is 1. The summed E-state index contributed by atoms with van der Waals surface area (Å²) < 4.78 is 7.69. The van der Waals surface area contributed by atoms with E-state index in [-0.39, 0.29) is 6.04 Å². The molecule has 2 aromatic heterocycles. The van der Waals surface area contributed by atoms with Gasteiger partial charge in [0.15, 0.2) is 5.69 Å². The van der Waals surface area contributed by atoms with E-state index < -0.39 is 5.97 Å². The summed E-state index contributed by atoms with van der Waals surface area (Å²) in [6, 6.07) is 2.16. The van der Waals surface area contributed by atoms with Gasteiger partial charge < -0.3 is 10.1 Å². The van der Waals surface area contributed by atoms with Crippen LogP contribution in [0.1, 0.15) is 40.6 Å². The molecule has 0 aliphatic carbocycles. The van der Waals surface area contributed by atoms with Gasteiger partial charge in [0, 0.05) is 0 Å². The van der Waals surface area contributed by atoms with Gasteiger partial charge in [-0.15, -0.1) is 16.4 Å². The summed E-state index contributed by atoms with van der Waals surface area (Å²) in [5.74, 6) is -0.434. The first-order valence-corrected chi connectivity index (χ1v) is 8.34. The van der Waals surface area contributed by atoms with E-state index in [1.54, 1.807) is 16.0 Å². The molecule has 1 N–H and O–H groups in total. The summed E-state index contributed by atoms with van der Waals surface area (Å²) in [5, 5.41) is 13.6. The van der Waals surface area contributed by atoms with Crippen LogP contribution in [0.2, 0.25) is 0 Å². The van der Waals surface area contributed by atoms with Gasteiger partial charge in [-0.2, -0.15) is 0 Å². The highest BCUT2D eigenvalue weighted by Crippen LogP contribution is 2.27. The fraction of sp³-hybridized carbons (Fsp3) is 0.462. The molecule has 1 unspecified atom stereocenters. The highest BCUT2D eigenvalue weighted by atomic mass is 79.9. The number of ether oxygens (including phenoxy) is 1. The number of carbonyl (C=O) groups is 1. The topological polar surface area (TPSA) is 69.0 Å². The van der Waals surface area contributed by atoms with Crippen LogP contribution in [-0.4, -0.2) is 34.6 Å². The molecule has 112 valence electrons. The molecule has 0 bridgehead atoms. The Morgan fingerprint density at radius 1 is 1.67 bits per heavy atom. The largest absolute Gasteiger partial charge is 0.464 e. The number of aromatic nitrogens is 3. The molecule has 1 fully saturated rings. The van der Waals surface area contributed by atoms with Crippen molar-refractivity contribution in [1.29, 1.82) is 0 Å². The van der Waals surface area contributed by atoms with Crippen LogP contribution in [0.3, 0.4) is 0 Å². The summed E-state index contributed by atoms with van der Waals surface area (Å²) in [6.45, 7) is 1.54. The number of halogens is 1. The van der Waals surface area contributed by atoms with Crippen molar-refractivity contribution in [1.82, 2.24) is 20.3 Å². The molecule has 1 aliphatic rings. The van der Waals surface area contributed by atoms with Gasteiger partial charge in [0.2, 0.25) is 0 Å². The Balaban J connectivity index is 1.95. The molecule has 1 saturated heterocycles. The SMILES string of the molecule is COC(=O)c1nnn(Cc2csc(Br)c2)c1C1CCCN1. The molecule has 0 aromatic carbocycles. The molecule has 1 aliphatic heterocycles. The van der Waals surface area contributed by atoms with Crippen LogP contribution in [0.15, 0.2) is 15.2 Å². The molecule has 2 aromatic rings. The zero-order chi connectivity index (χ0) is 14.8. The van der Waals surface area contributed by atoms with E-state index in [0.29, 0.717) is 12.2 Å². The maximum absolute atomic E-state index is 11.9. The van der Waals surface area contributed by atoms with Crippen molar-refractivity contribution in [2.24, 2.45) is 0 Å². The van der Waals surface area contributed by atoms with E-state index >= 15 is 0 Å². The number of esters is 1. The Labute approximate surface area is 134 Å². The summed E-state index contributed by atoms with van der Waals surface area (Å²) in [6.07, 6.45) is 2.06. The Morgan fingerprint density at radius 2 is 2.52 bits per heavy atom. The first-order chi connectivity index (χ1) is 10.2. The van der Waals surface area contributed by atoms with Crippen molar-refractivity contribution in [2.75, 3.05) is 13.7 Å². The Morgan fingerprint density at radius 3 is 3.14 bits per heavy atom. The molecule has 21 heavy (non-hydrogen) atoms. The number of rotatable bonds is 4. The van der Waals surface area contributed by atoms with Gasteiger partial charge in [0.1, 0.15) is 0 Å². The number of nitrogens with one attached hydrogen (secondary N) is 1. The summed E-state index contributed by atoms with van der Waals surface area (Å²) in [4.78, 5) is 11.9. The quantitative estimate of drug-likeness (QED) is 0.836. The van der Waals surface area contributed by atoms with Gasteiger partial charge in [-0.25, -0.2) is 9.48 Å².